The van der Waals surface area contributed by atoms with Crippen LogP contribution in [0.2, 0.25) is 0 Å². The van der Waals surface area contributed by atoms with Gasteiger partial charge < -0.3 is 9.63 Å². The molecule has 0 unspecified atom stereocenters. The number of aromatic nitrogens is 3. The van der Waals surface area contributed by atoms with Gasteiger partial charge in [-0.1, -0.05) is 16.9 Å². The maximum atomic E-state index is 11.0. The zero-order valence-corrected chi connectivity index (χ0v) is 13.2. The molecule has 6 nitrogen and oxygen atoms in total. The van der Waals surface area contributed by atoms with E-state index in [0.717, 1.165) is 16.9 Å². The average Bonchev–Trinajstić information content (AvgIpc) is 3.16. The molecule has 0 aliphatic heterocycles. The number of hydrogen-bond donors (Lipinski definition) is 1. The third-order valence-electron chi connectivity index (χ3n) is 2.54. The summed E-state index contributed by atoms with van der Waals surface area (Å²) in [4.78, 5) is 19.7. The Labute approximate surface area is 131 Å². The van der Waals surface area contributed by atoms with Crippen LogP contribution in [0.1, 0.15) is 21.3 Å². The molecule has 3 heterocycles. The molecule has 0 atom stereocenters. The molecule has 3 aromatic heterocycles. The molecule has 3 aromatic rings. The Kier molecular flexibility index (Phi) is 4.04. The monoisotopic (exact) mass is 339 g/mol. The van der Waals surface area contributed by atoms with E-state index in [1.165, 1.54) is 11.8 Å². The zero-order chi connectivity index (χ0) is 14.8. The highest BCUT2D eigenvalue weighted by atomic mass is 32.2. The van der Waals surface area contributed by atoms with Gasteiger partial charge in [0.05, 0.1) is 11.4 Å². The van der Waals surface area contributed by atoms with Crippen molar-refractivity contribution in [1.29, 1.82) is 0 Å². The van der Waals surface area contributed by atoms with Crippen molar-refractivity contribution in [3.05, 3.63) is 33.3 Å². The summed E-state index contributed by atoms with van der Waals surface area (Å²) in [6.45, 7) is 1.69. The number of thiazole rings is 1. The smallest absolute Gasteiger partial charge is 0.347 e. The topological polar surface area (TPSA) is 89.1 Å². The maximum Gasteiger partial charge on any atom is 0.347 e. The number of rotatable bonds is 5. The standard InChI is InChI=1S/C12H9N3O3S3/c1-6-9(11(16)17)21-12(13-6)20-5-8-14-10(15-18-8)7-2-3-19-4-7/h2-4H,5H2,1H3,(H,16,17). The van der Waals surface area contributed by atoms with E-state index in [-0.39, 0.29) is 4.88 Å². The van der Waals surface area contributed by atoms with Gasteiger partial charge in [-0.15, -0.1) is 11.3 Å². The highest BCUT2D eigenvalue weighted by molar-refractivity contribution is 8.00. The number of carboxylic acids is 1. The third kappa shape index (κ3) is 3.14. The van der Waals surface area contributed by atoms with E-state index in [1.54, 1.807) is 18.3 Å². The third-order valence-corrected chi connectivity index (χ3v) is 5.49. The fourth-order valence-electron chi connectivity index (χ4n) is 1.58. The summed E-state index contributed by atoms with van der Waals surface area (Å²) in [6, 6.07) is 1.93. The first-order valence-electron chi connectivity index (χ1n) is 5.82. The molecule has 1 N–H and O–H groups in total. The van der Waals surface area contributed by atoms with Crippen molar-refractivity contribution in [3.8, 4) is 11.4 Å². The van der Waals surface area contributed by atoms with Gasteiger partial charge in [0, 0.05) is 10.9 Å². The Morgan fingerprint density at radius 2 is 2.33 bits per heavy atom. The number of nitrogens with zero attached hydrogens (tertiary/aromatic N) is 3. The SMILES string of the molecule is Cc1nc(SCc2nc(-c3ccsc3)no2)sc1C(=O)O. The van der Waals surface area contributed by atoms with E-state index in [2.05, 4.69) is 15.1 Å². The van der Waals surface area contributed by atoms with Crippen LogP contribution in [-0.2, 0) is 5.75 Å². The molecule has 0 spiro atoms. The second kappa shape index (κ2) is 5.96. The highest BCUT2D eigenvalue weighted by Crippen LogP contribution is 2.30. The maximum absolute atomic E-state index is 11.0. The molecule has 9 heteroatoms. The number of thiophene rings is 1. The lowest BCUT2D eigenvalue weighted by atomic mass is 10.3. The van der Waals surface area contributed by atoms with Crippen LogP contribution in [0.15, 0.2) is 25.7 Å². The first-order valence-corrected chi connectivity index (χ1v) is 8.56. The van der Waals surface area contributed by atoms with E-state index in [9.17, 15) is 4.79 Å². The predicted molar refractivity (Wildman–Crippen MR) is 81.0 cm³/mol. The number of carboxylic acid groups (broad SMARTS) is 1. The summed E-state index contributed by atoms with van der Waals surface area (Å²) in [6.07, 6.45) is 0. The molecule has 0 bridgehead atoms. The van der Waals surface area contributed by atoms with Crippen LogP contribution in [0.5, 0.6) is 0 Å². The van der Waals surface area contributed by atoms with Crippen LogP contribution in [0.3, 0.4) is 0 Å². The fraction of sp³-hybridized carbons (Fsp3) is 0.167. The Morgan fingerprint density at radius 1 is 1.48 bits per heavy atom. The van der Waals surface area contributed by atoms with Gasteiger partial charge in [-0.2, -0.15) is 16.3 Å². The minimum Gasteiger partial charge on any atom is -0.477 e. The van der Waals surface area contributed by atoms with Crippen LogP contribution in [-0.4, -0.2) is 26.2 Å². The molecule has 0 amide bonds. The summed E-state index contributed by atoms with van der Waals surface area (Å²) in [5.74, 6) is 0.567. The molecule has 0 saturated carbocycles. The normalized spacial score (nSPS) is 10.9. The second-order valence-electron chi connectivity index (χ2n) is 4.01. The Balaban J connectivity index is 1.68. The van der Waals surface area contributed by atoms with Gasteiger partial charge >= 0.3 is 5.97 Å². The quantitative estimate of drug-likeness (QED) is 0.711. The van der Waals surface area contributed by atoms with Gasteiger partial charge in [0.15, 0.2) is 4.34 Å². The lowest BCUT2D eigenvalue weighted by molar-refractivity contribution is 0.0701. The first kappa shape index (κ1) is 14.2. The van der Waals surface area contributed by atoms with Crippen molar-refractivity contribution in [1.82, 2.24) is 15.1 Å². The van der Waals surface area contributed by atoms with E-state index in [1.807, 2.05) is 16.8 Å². The second-order valence-corrected chi connectivity index (χ2v) is 7.01. The van der Waals surface area contributed by atoms with Crippen LogP contribution >= 0.6 is 34.4 Å². The minimum atomic E-state index is -0.950. The van der Waals surface area contributed by atoms with E-state index < -0.39 is 5.97 Å². The molecule has 0 radical (unpaired) electrons. The van der Waals surface area contributed by atoms with Crippen molar-refractivity contribution >= 4 is 40.4 Å². The molecule has 21 heavy (non-hydrogen) atoms. The molecule has 0 aromatic carbocycles. The largest absolute Gasteiger partial charge is 0.477 e. The van der Waals surface area contributed by atoms with Crippen LogP contribution < -0.4 is 0 Å². The molecular formula is C12H9N3O3S3. The van der Waals surface area contributed by atoms with Crippen molar-refractivity contribution in [2.24, 2.45) is 0 Å². The number of aromatic carboxylic acids is 1. The van der Waals surface area contributed by atoms with E-state index in [0.29, 0.717) is 27.5 Å². The molecule has 0 saturated heterocycles. The van der Waals surface area contributed by atoms with Gasteiger partial charge in [0.1, 0.15) is 4.88 Å². The Bertz CT molecular complexity index is 764. The molecule has 0 fully saturated rings. The van der Waals surface area contributed by atoms with Crippen LogP contribution in [0, 0.1) is 6.92 Å². The van der Waals surface area contributed by atoms with Crippen molar-refractivity contribution in [2.75, 3.05) is 0 Å². The predicted octanol–water partition coefficient (Wildman–Crippen LogP) is 3.55. The summed E-state index contributed by atoms with van der Waals surface area (Å²) in [5.41, 5.74) is 1.46. The zero-order valence-electron chi connectivity index (χ0n) is 10.8. The van der Waals surface area contributed by atoms with Gasteiger partial charge in [-0.3, -0.25) is 0 Å². The van der Waals surface area contributed by atoms with Gasteiger partial charge in [0.25, 0.3) is 0 Å². The van der Waals surface area contributed by atoms with Gasteiger partial charge in [0.2, 0.25) is 11.7 Å². The number of carbonyl (C=O) groups is 1. The first-order chi connectivity index (χ1) is 10.1. The Morgan fingerprint density at radius 3 is 3.00 bits per heavy atom. The lowest BCUT2D eigenvalue weighted by Gasteiger charge is -1.90. The molecule has 0 aliphatic rings. The molecule has 108 valence electrons. The summed E-state index contributed by atoms with van der Waals surface area (Å²) in [7, 11) is 0. The van der Waals surface area contributed by atoms with E-state index >= 15 is 0 Å². The highest BCUT2D eigenvalue weighted by Gasteiger charge is 2.15. The fourth-order valence-corrected chi connectivity index (χ4v) is 4.08. The van der Waals surface area contributed by atoms with Crippen molar-refractivity contribution in [2.45, 2.75) is 17.0 Å². The number of thioether (sulfide) groups is 1. The van der Waals surface area contributed by atoms with Crippen molar-refractivity contribution in [3.63, 3.8) is 0 Å². The van der Waals surface area contributed by atoms with Crippen LogP contribution in [0.4, 0.5) is 0 Å². The van der Waals surface area contributed by atoms with Gasteiger partial charge in [-0.25, -0.2) is 9.78 Å². The Hall–Kier alpha value is -1.71. The van der Waals surface area contributed by atoms with Crippen molar-refractivity contribution < 1.29 is 14.4 Å². The van der Waals surface area contributed by atoms with Crippen LogP contribution in [0.25, 0.3) is 11.4 Å². The molecular weight excluding hydrogens is 330 g/mol. The average molecular weight is 339 g/mol. The lowest BCUT2D eigenvalue weighted by Crippen LogP contribution is -1.94. The number of aryl methyl sites for hydroxylation is 1. The van der Waals surface area contributed by atoms with Gasteiger partial charge in [-0.05, 0) is 18.4 Å². The molecule has 0 aliphatic carbocycles. The summed E-state index contributed by atoms with van der Waals surface area (Å²) >= 11 is 4.11. The number of hydrogen-bond acceptors (Lipinski definition) is 8. The molecule has 3 rings (SSSR count). The van der Waals surface area contributed by atoms with E-state index in [4.69, 9.17) is 9.63 Å². The summed E-state index contributed by atoms with van der Waals surface area (Å²) in [5, 5.41) is 16.8. The minimum absolute atomic E-state index is 0.266. The summed E-state index contributed by atoms with van der Waals surface area (Å²) < 4.78 is 5.86.